The van der Waals surface area contributed by atoms with E-state index in [0.29, 0.717) is 11.6 Å². The first-order valence-electron chi connectivity index (χ1n) is 6.98. The largest absolute Gasteiger partial charge is 0.496 e. The SMILES string of the molecule is COc1cccc(Cl)c1C(CN)N1C[C@@H](C)O[C@@H](C)C1. The molecule has 2 N–H and O–H groups in total. The zero-order valence-electron chi connectivity index (χ0n) is 12.3. The quantitative estimate of drug-likeness (QED) is 0.927. The number of hydrogen-bond acceptors (Lipinski definition) is 4. The zero-order chi connectivity index (χ0) is 14.7. The van der Waals surface area contributed by atoms with Gasteiger partial charge in [0.25, 0.3) is 0 Å². The van der Waals surface area contributed by atoms with Gasteiger partial charge in [-0.25, -0.2) is 0 Å². The van der Waals surface area contributed by atoms with Crippen LogP contribution in [-0.4, -0.2) is 43.9 Å². The van der Waals surface area contributed by atoms with E-state index in [1.54, 1.807) is 7.11 Å². The van der Waals surface area contributed by atoms with Crippen molar-refractivity contribution in [1.82, 2.24) is 4.90 Å². The molecule has 1 aromatic carbocycles. The summed E-state index contributed by atoms with van der Waals surface area (Å²) in [7, 11) is 1.66. The van der Waals surface area contributed by atoms with E-state index < -0.39 is 0 Å². The van der Waals surface area contributed by atoms with Gasteiger partial charge in [-0.1, -0.05) is 17.7 Å². The van der Waals surface area contributed by atoms with Crippen molar-refractivity contribution in [3.05, 3.63) is 28.8 Å². The van der Waals surface area contributed by atoms with Gasteiger partial charge in [0.05, 0.1) is 25.4 Å². The van der Waals surface area contributed by atoms with Crippen LogP contribution < -0.4 is 10.5 Å². The van der Waals surface area contributed by atoms with Gasteiger partial charge in [0.15, 0.2) is 0 Å². The standard InChI is InChI=1S/C15H23ClN2O2/c1-10-8-18(9-11(2)20-10)13(7-17)15-12(16)5-4-6-14(15)19-3/h4-6,10-11,13H,7-9,17H2,1-3H3/t10-,11+,13?. The number of hydrogen-bond donors (Lipinski definition) is 1. The van der Waals surface area contributed by atoms with Crippen LogP contribution in [-0.2, 0) is 4.74 Å². The van der Waals surface area contributed by atoms with Crippen molar-refractivity contribution in [1.29, 1.82) is 0 Å². The van der Waals surface area contributed by atoms with E-state index in [-0.39, 0.29) is 18.2 Å². The lowest BCUT2D eigenvalue weighted by atomic mass is 10.0. The van der Waals surface area contributed by atoms with Crippen LogP contribution >= 0.6 is 11.6 Å². The third-order valence-electron chi connectivity index (χ3n) is 3.68. The number of benzene rings is 1. The van der Waals surface area contributed by atoms with Gasteiger partial charge in [0.1, 0.15) is 5.75 Å². The highest BCUT2D eigenvalue weighted by atomic mass is 35.5. The van der Waals surface area contributed by atoms with E-state index in [0.717, 1.165) is 24.4 Å². The summed E-state index contributed by atoms with van der Waals surface area (Å²) in [6.45, 7) is 6.36. The Morgan fingerprint density at radius 2 is 2.05 bits per heavy atom. The third kappa shape index (κ3) is 3.26. The smallest absolute Gasteiger partial charge is 0.125 e. The van der Waals surface area contributed by atoms with Crippen LogP contribution in [0.3, 0.4) is 0 Å². The fourth-order valence-corrected chi connectivity index (χ4v) is 3.23. The van der Waals surface area contributed by atoms with Crippen molar-refractivity contribution in [3.63, 3.8) is 0 Å². The molecule has 1 unspecified atom stereocenters. The Balaban J connectivity index is 2.32. The molecule has 1 saturated heterocycles. The number of nitrogens with two attached hydrogens (primary N) is 1. The number of morpholine rings is 1. The fourth-order valence-electron chi connectivity index (χ4n) is 2.94. The van der Waals surface area contributed by atoms with Gasteiger partial charge in [0, 0.05) is 30.2 Å². The summed E-state index contributed by atoms with van der Waals surface area (Å²) in [6.07, 6.45) is 0.391. The summed E-state index contributed by atoms with van der Waals surface area (Å²) in [5.74, 6) is 0.791. The minimum absolute atomic E-state index is 0.0486. The average molecular weight is 299 g/mol. The molecule has 2 rings (SSSR count). The lowest BCUT2D eigenvalue weighted by Gasteiger charge is -2.40. The molecule has 1 aliphatic rings. The maximum atomic E-state index is 6.38. The second-order valence-corrected chi connectivity index (χ2v) is 5.73. The summed E-state index contributed by atoms with van der Waals surface area (Å²) in [5.41, 5.74) is 6.99. The first kappa shape index (κ1) is 15.6. The summed E-state index contributed by atoms with van der Waals surface area (Å²) >= 11 is 6.38. The van der Waals surface area contributed by atoms with E-state index in [4.69, 9.17) is 26.8 Å². The topological polar surface area (TPSA) is 47.7 Å². The Bertz CT molecular complexity index is 445. The van der Waals surface area contributed by atoms with Crippen LogP contribution in [0.2, 0.25) is 5.02 Å². The summed E-state index contributed by atoms with van der Waals surface area (Å²) in [6, 6.07) is 5.75. The number of rotatable bonds is 4. The summed E-state index contributed by atoms with van der Waals surface area (Å²) in [4.78, 5) is 2.34. The zero-order valence-corrected chi connectivity index (χ0v) is 13.1. The highest BCUT2D eigenvalue weighted by Crippen LogP contribution is 2.36. The lowest BCUT2D eigenvalue weighted by molar-refractivity contribution is -0.0801. The fraction of sp³-hybridized carbons (Fsp3) is 0.600. The van der Waals surface area contributed by atoms with E-state index in [9.17, 15) is 0 Å². The lowest BCUT2D eigenvalue weighted by Crippen LogP contribution is -2.48. The molecule has 0 saturated carbocycles. The number of nitrogens with zero attached hydrogens (tertiary/aromatic N) is 1. The highest BCUT2D eigenvalue weighted by Gasteiger charge is 2.30. The van der Waals surface area contributed by atoms with Gasteiger partial charge in [0.2, 0.25) is 0 Å². The van der Waals surface area contributed by atoms with Crippen molar-refractivity contribution in [3.8, 4) is 5.75 Å². The molecule has 1 aliphatic heterocycles. The molecule has 0 bridgehead atoms. The van der Waals surface area contributed by atoms with Crippen molar-refractivity contribution < 1.29 is 9.47 Å². The Hall–Kier alpha value is -0.810. The molecule has 1 heterocycles. The molecule has 5 heteroatoms. The monoisotopic (exact) mass is 298 g/mol. The van der Waals surface area contributed by atoms with Gasteiger partial charge >= 0.3 is 0 Å². The van der Waals surface area contributed by atoms with Crippen molar-refractivity contribution >= 4 is 11.6 Å². The minimum atomic E-state index is 0.0486. The maximum Gasteiger partial charge on any atom is 0.125 e. The molecule has 1 fully saturated rings. The third-order valence-corrected chi connectivity index (χ3v) is 4.01. The Kier molecular flexibility index (Phi) is 5.27. The van der Waals surface area contributed by atoms with E-state index >= 15 is 0 Å². The molecule has 0 radical (unpaired) electrons. The van der Waals surface area contributed by atoms with E-state index in [1.807, 2.05) is 18.2 Å². The van der Waals surface area contributed by atoms with Crippen LogP contribution in [0.4, 0.5) is 0 Å². The summed E-state index contributed by atoms with van der Waals surface area (Å²) < 4.78 is 11.2. The number of methoxy groups -OCH3 is 1. The molecule has 112 valence electrons. The highest BCUT2D eigenvalue weighted by molar-refractivity contribution is 6.31. The molecule has 3 atom stereocenters. The van der Waals surface area contributed by atoms with E-state index in [2.05, 4.69) is 18.7 Å². The van der Waals surface area contributed by atoms with Gasteiger partial charge in [-0.3, -0.25) is 4.90 Å². The van der Waals surface area contributed by atoms with Gasteiger partial charge in [-0.15, -0.1) is 0 Å². The Morgan fingerprint density at radius 3 is 2.60 bits per heavy atom. The van der Waals surface area contributed by atoms with Crippen molar-refractivity contribution in [2.45, 2.75) is 32.1 Å². The Labute approximate surface area is 125 Å². The minimum Gasteiger partial charge on any atom is -0.496 e. The average Bonchev–Trinajstić information content (AvgIpc) is 2.40. The second-order valence-electron chi connectivity index (χ2n) is 5.32. The molecule has 4 nitrogen and oxygen atoms in total. The van der Waals surface area contributed by atoms with E-state index in [1.165, 1.54) is 0 Å². The summed E-state index contributed by atoms with van der Waals surface area (Å²) in [5, 5.41) is 0.701. The van der Waals surface area contributed by atoms with Gasteiger partial charge in [-0.2, -0.15) is 0 Å². The molecule has 20 heavy (non-hydrogen) atoms. The Morgan fingerprint density at radius 1 is 1.40 bits per heavy atom. The first-order chi connectivity index (χ1) is 9.56. The van der Waals surface area contributed by atoms with Gasteiger partial charge in [-0.05, 0) is 26.0 Å². The van der Waals surface area contributed by atoms with Crippen LogP contribution in [0.1, 0.15) is 25.5 Å². The molecule has 1 aromatic rings. The molecule has 0 spiro atoms. The molecule has 0 aromatic heterocycles. The maximum absolute atomic E-state index is 6.38. The molecule has 0 aliphatic carbocycles. The number of ether oxygens (including phenoxy) is 2. The molecular formula is C15H23ClN2O2. The normalized spacial score (nSPS) is 25.4. The van der Waals surface area contributed by atoms with Gasteiger partial charge < -0.3 is 15.2 Å². The van der Waals surface area contributed by atoms with Crippen molar-refractivity contribution in [2.75, 3.05) is 26.7 Å². The van der Waals surface area contributed by atoms with Crippen LogP contribution in [0.15, 0.2) is 18.2 Å². The van der Waals surface area contributed by atoms with Crippen molar-refractivity contribution in [2.24, 2.45) is 5.73 Å². The number of halogens is 1. The molecule has 0 amide bonds. The predicted octanol–water partition coefficient (Wildman–Crippen LogP) is 2.46. The van der Waals surface area contributed by atoms with Crippen LogP contribution in [0, 0.1) is 0 Å². The predicted molar refractivity (Wildman–Crippen MR) is 81.4 cm³/mol. The van der Waals surface area contributed by atoms with Crippen LogP contribution in [0.25, 0.3) is 0 Å². The first-order valence-corrected chi connectivity index (χ1v) is 7.36. The second kappa shape index (κ2) is 6.76. The van der Waals surface area contributed by atoms with Crippen LogP contribution in [0.5, 0.6) is 5.75 Å². The molecular weight excluding hydrogens is 276 g/mol.